The zero-order chi connectivity index (χ0) is 22.6. The minimum Gasteiger partial charge on any atom is -0.512 e. The first-order chi connectivity index (χ1) is 14.7. The number of amides is 2. The predicted octanol–water partition coefficient (Wildman–Crippen LogP) is 4.40. The third-order valence-corrected chi connectivity index (χ3v) is 4.69. The molecule has 2 aromatic rings. The number of urea groups is 1. The van der Waals surface area contributed by atoms with Crippen molar-refractivity contribution in [2.75, 3.05) is 5.32 Å². The van der Waals surface area contributed by atoms with Crippen molar-refractivity contribution in [3.05, 3.63) is 70.6 Å². The molecule has 1 unspecified atom stereocenters. The van der Waals surface area contributed by atoms with Gasteiger partial charge in [-0.3, -0.25) is 10.1 Å². The summed E-state index contributed by atoms with van der Waals surface area (Å²) < 4.78 is 38.6. The molecule has 1 aliphatic rings. The summed E-state index contributed by atoms with van der Waals surface area (Å²) in [5.74, 6) is -0.849. The molecule has 0 bridgehead atoms. The van der Waals surface area contributed by atoms with Gasteiger partial charge in [0.2, 0.25) is 0 Å². The number of benzene rings is 1. The highest BCUT2D eigenvalue weighted by Crippen LogP contribution is 2.32. The summed E-state index contributed by atoms with van der Waals surface area (Å²) in [6, 6.07) is 7.44. The number of Topliss-reactive ketones (excluding diaryl/α,β-unsaturated/α-hetero) is 1. The first kappa shape index (κ1) is 21.8. The number of rotatable bonds is 4. The molecule has 0 saturated carbocycles. The fourth-order valence-electron chi connectivity index (χ4n) is 3.21. The van der Waals surface area contributed by atoms with Crippen molar-refractivity contribution in [2.45, 2.75) is 31.5 Å². The van der Waals surface area contributed by atoms with Gasteiger partial charge >= 0.3 is 12.2 Å². The highest BCUT2D eigenvalue weighted by molar-refractivity contribution is 5.99. The largest absolute Gasteiger partial charge is 0.512 e. The molecule has 3 N–H and O–H groups in total. The molecule has 0 fully saturated rings. The highest BCUT2D eigenvalue weighted by Gasteiger charge is 2.32. The third kappa shape index (κ3) is 5.19. The van der Waals surface area contributed by atoms with Crippen LogP contribution >= 0.6 is 0 Å². The Morgan fingerprint density at radius 3 is 2.52 bits per heavy atom. The summed E-state index contributed by atoms with van der Waals surface area (Å²) in [6.45, 7) is 0. The number of hydrogen-bond acceptors (Lipinski definition) is 5. The Labute approximate surface area is 175 Å². The van der Waals surface area contributed by atoms with Crippen molar-refractivity contribution in [3.63, 3.8) is 0 Å². The van der Waals surface area contributed by atoms with Gasteiger partial charge in [-0.05, 0) is 36.2 Å². The maximum atomic E-state index is 12.9. The van der Waals surface area contributed by atoms with Crippen LogP contribution in [-0.4, -0.2) is 21.9 Å². The molecule has 31 heavy (non-hydrogen) atoms. The van der Waals surface area contributed by atoms with E-state index < -0.39 is 23.8 Å². The lowest BCUT2D eigenvalue weighted by atomic mass is 9.87. The standard InChI is InChI=1S/C21H17F3N4O3/c22-21(23,24)14-8-9-26-17(10-14)27-20(31)28-19(13-6-4-12(11-25)5-7-13)18-15(29)2-1-3-16(18)30/h4-10,19,29H,1-3H2,(H2,26,27,28,31). The Kier molecular flexibility index (Phi) is 6.25. The van der Waals surface area contributed by atoms with E-state index in [1.165, 1.54) is 24.3 Å². The van der Waals surface area contributed by atoms with E-state index in [0.717, 1.165) is 12.3 Å². The molecule has 7 nitrogen and oxygen atoms in total. The van der Waals surface area contributed by atoms with Gasteiger partial charge in [-0.15, -0.1) is 0 Å². The van der Waals surface area contributed by atoms with E-state index >= 15 is 0 Å². The zero-order valence-electron chi connectivity index (χ0n) is 16.0. The number of alkyl halides is 3. The summed E-state index contributed by atoms with van der Waals surface area (Å²) in [5, 5.41) is 24.0. The van der Waals surface area contributed by atoms with E-state index in [4.69, 9.17) is 5.26 Å². The molecule has 2 amide bonds. The van der Waals surface area contributed by atoms with Crippen molar-refractivity contribution in [1.82, 2.24) is 10.3 Å². The average Bonchev–Trinajstić information content (AvgIpc) is 2.72. The van der Waals surface area contributed by atoms with Crippen LogP contribution in [0.25, 0.3) is 0 Å². The highest BCUT2D eigenvalue weighted by atomic mass is 19.4. The number of nitrogens with zero attached hydrogens (tertiary/aromatic N) is 2. The molecule has 0 saturated heterocycles. The van der Waals surface area contributed by atoms with Crippen molar-refractivity contribution >= 4 is 17.6 Å². The van der Waals surface area contributed by atoms with Gasteiger partial charge in [0.1, 0.15) is 11.6 Å². The van der Waals surface area contributed by atoms with Gasteiger partial charge in [0.05, 0.1) is 28.8 Å². The lowest BCUT2D eigenvalue weighted by Gasteiger charge is -2.25. The van der Waals surface area contributed by atoms with Crippen LogP contribution in [0.3, 0.4) is 0 Å². The van der Waals surface area contributed by atoms with Crippen molar-refractivity contribution in [1.29, 1.82) is 5.26 Å². The average molecular weight is 430 g/mol. The number of aromatic nitrogens is 1. The van der Waals surface area contributed by atoms with Crippen molar-refractivity contribution in [2.24, 2.45) is 0 Å². The Morgan fingerprint density at radius 1 is 1.19 bits per heavy atom. The van der Waals surface area contributed by atoms with Crippen LogP contribution in [0.5, 0.6) is 0 Å². The predicted molar refractivity (Wildman–Crippen MR) is 104 cm³/mol. The normalized spacial score (nSPS) is 15.2. The summed E-state index contributed by atoms with van der Waals surface area (Å²) in [6.07, 6.45) is -2.78. The number of aliphatic hydroxyl groups excluding tert-OH is 1. The van der Waals surface area contributed by atoms with Crippen LogP contribution in [0, 0.1) is 11.3 Å². The topological polar surface area (TPSA) is 115 Å². The number of carbonyl (C=O) groups is 2. The van der Waals surface area contributed by atoms with Crippen molar-refractivity contribution in [3.8, 4) is 6.07 Å². The number of anilines is 1. The molecule has 160 valence electrons. The van der Waals surface area contributed by atoms with Crippen LogP contribution in [0.1, 0.15) is 42.0 Å². The maximum absolute atomic E-state index is 12.9. The maximum Gasteiger partial charge on any atom is 0.416 e. The fourth-order valence-corrected chi connectivity index (χ4v) is 3.21. The summed E-state index contributed by atoms with van der Waals surface area (Å²) >= 11 is 0. The molecule has 0 radical (unpaired) electrons. The zero-order valence-corrected chi connectivity index (χ0v) is 16.0. The monoisotopic (exact) mass is 430 g/mol. The Bertz CT molecular complexity index is 1070. The Morgan fingerprint density at radius 2 is 1.90 bits per heavy atom. The first-order valence-corrected chi connectivity index (χ1v) is 9.25. The van der Waals surface area contributed by atoms with E-state index in [1.54, 1.807) is 0 Å². The molecule has 0 spiro atoms. The number of pyridine rings is 1. The van der Waals surface area contributed by atoms with Gasteiger partial charge in [0.15, 0.2) is 5.78 Å². The summed E-state index contributed by atoms with van der Waals surface area (Å²) in [7, 11) is 0. The Balaban J connectivity index is 1.89. The van der Waals surface area contributed by atoms with Gasteiger partial charge in [0.25, 0.3) is 0 Å². The number of nitriles is 1. The number of aliphatic hydroxyl groups is 1. The number of carbonyl (C=O) groups excluding carboxylic acids is 2. The van der Waals surface area contributed by atoms with E-state index in [0.29, 0.717) is 23.6 Å². The molecule has 1 atom stereocenters. The molecule has 0 aliphatic heterocycles. The fraction of sp³-hybridized carbons (Fsp3) is 0.238. The van der Waals surface area contributed by atoms with Gasteiger partial charge in [-0.25, -0.2) is 9.78 Å². The Hall–Kier alpha value is -3.87. The van der Waals surface area contributed by atoms with Crippen LogP contribution in [-0.2, 0) is 11.0 Å². The second kappa shape index (κ2) is 8.87. The smallest absolute Gasteiger partial charge is 0.416 e. The summed E-state index contributed by atoms with van der Waals surface area (Å²) in [4.78, 5) is 28.7. The van der Waals surface area contributed by atoms with E-state index in [9.17, 15) is 27.9 Å². The van der Waals surface area contributed by atoms with E-state index in [1.807, 2.05) is 6.07 Å². The second-order valence-electron chi connectivity index (χ2n) is 6.83. The molecule has 3 rings (SSSR count). The minimum absolute atomic E-state index is 0.00288. The quantitative estimate of drug-likeness (QED) is 0.665. The molecular weight excluding hydrogens is 413 g/mol. The molecule has 1 aromatic heterocycles. The van der Waals surface area contributed by atoms with E-state index in [2.05, 4.69) is 15.6 Å². The minimum atomic E-state index is -4.61. The molecule has 1 aliphatic carbocycles. The third-order valence-electron chi connectivity index (χ3n) is 4.69. The lowest BCUT2D eigenvalue weighted by Crippen LogP contribution is -2.36. The van der Waals surface area contributed by atoms with Crippen LogP contribution in [0.4, 0.5) is 23.8 Å². The molecule has 1 aromatic carbocycles. The number of nitrogens with one attached hydrogen (secondary N) is 2. The number of hydrogen-bond donors (Lipinski definition) is 3. The van der Waals surface area contributed by atoms with Gasteiger partial charge in [-0.1, -0.05) is 12.1 Å². The first-order valence-electron chi connectivity index (χ1n) is 9.25. The molecule has 10 heteroatoms. The van der Waals surface area contributed by atoms with Gasteiger partial charge < -0.3 is 10.4 Å². The van der Waals surface area contributed by atoms with Crippen molar-refractivity contribution < 1.29 is 27.9 Å². The molecular formula is C21H17F3N4O3. The van der Waals surface area contributed by atoms with E-state index in [-0.39, 0.29) is 35.8 Å². The molecule has 1 heterocycles. The van der Waals surface area contributed by atoms with Gasteiger partial charge in [0, 0.05) is 19.0 Å². The van der Waals surface area contributed by atoms with Crippen LogP contribution in [0.15, 0.2) is 53.9 Å². The second-order valence-corrected chi connectivity index (χ2v) is 6.83. The van der Waals surface area contributed by atoms with Crippen LogP contribution in [0.2, 0.25) is 0 Å². The number of ketones is 1. The van der Waals surface area contributed by atoms with Gasteiger partial charge in [-0.2, -0.15) is 18.4 Å². The summed E-state index contributed by atoms with van der Waals surface area (Å²) in [5.41, 5.74) is -0.205. The number of halogens is 3. The number of allylic oxidation sites excluding steroid dienone is 1. The SMILES string of the molecule is N#Cc1ccc(C(NC(=O)Nc2cc(C(F)(F)F)ccn2)C2=C(O)CCCC2=O)cc1. The van der Waals surface area contributed by atoms with Crippen LogP contribution < -0.4 is 10.6 Å². The lowest BCUT2D eigenvalue weighted by molar-refractivity contribution is -0.137.